The largest absolute Gasteiger partial charge is 0.481 e. The number of aromatic nitrogens is 3. The molecular formula is C13H11F2N3O2. The van der Waals surface area contributed by atoms with Gasteiger partial charge in [-0.2, -0.15) is 0 Å². The maximum Gasteiger partial charge on any atom is 0.308 e. The molecule has 0 radical (unpaired) electrons. The number of carboxylic acids is 1. The summed E-state index contributed by atoms with van der Waals surface area (Å²) in [6.45, 7) is 0.126. The van der Waals surface area contributed by atoms with Crippen molar-refractivity contribution in [3.63, 3.8) is 0 Å². The maximum absolute atomic E-state index is 13.8. The minimum absolute atomic E-state index is 0.0431. The summed E-state index contributed by atoms with van der Waals surface area (Å²) in [5, 5.41) is 16.8. The topological polar surface area (TPSA) is 68.0 Å². The Morgan fingerprint density at radius 1 is 1.30 bits per heavy atom. The maximum atomic E-state index is 13.8. The van der Waals surface area contributed by atoms with E-state index >= 15 is 0 Å². The molecule has 1 N–H and O–H groups in total. The summed E-state index contributed by atoms with van der Waals surface area (Å²) in [4.78, 5) is 11.1. The van der Waals surface area contributed by atoms with Crippen LogP contribution >= 0.6 is 0 Å². The third kappa shape index (κ3) is 1.95. The second-order valence-corrected chi connectivity index (χ2v) is 4.72. The Hall–Kier alpha value is -2.31. The van der Waals surface area contributed by atoms with Crippen molar-refractivity contribution in [3.8, 4) is 11.4 Å². The van der Waals surface area contributed by atoms with Gasteiger partial charge in [-0.3, -0.25) is 4.79 Å². The standard InChI is InChI=1S/C13H11F2N3O2/c14-8-2-1-3-9(15)11(8)12-17-16-10-5-4-7(13(19)20)6-18(10)12/h1-3,7H,4-6H2,(H,19,20). The van der Waals surface area contributed by atoms with Gasteiger partial charge in [0.2, 0.25) is 0 Å². The number of halogens is 2. The number of carboxylic acid groups (broad SMARTS) is 1. The Bertz CT molecular complexity index is 664. The van der Waals surface area contributed by atoms with Crippen molar-refractivity contribution in [1.82, 2.24) is 14.8 Å². The van der Waals surface area contributed by atoms with Gasteiger partial charge in [-0.05, 0) is 18.6 Å². The molecule has 1 unspecified atom stereocenters. The fourth-order valence-corrected chi connectivity index (χ4v) is 2.43. The predicted molar refractivity (Wildman–Crippen MR) is 64.8 cm³/mol. The van der Waals surface area contributed by atoms with Gasteiger partial charge < -0.3 is 9.67 Å². The van der Waals surface area contributed by atoms with Crippen molar-refractivity contribution in [2.45, 2.75) is 19.4 Å². The quantitative estimate of drug-likeness (QED) is 0.911. The van der Waals surface area contributed by atoms with Gasteiger partial charge in [0.1, 0.15) is 17.5 Å². The normalized spacial score (nSPS) is 17.8. The average Bonchev–Trinajstić information content (AvgIpc) is 2.81. The third-order valence-electron chi connectivity index (χ3n) is 3.48. The molecule has 1 atom stereocenters. The molecule has 0 saturated carbocycles. The van der Waals surface area contributed by atoms with E-state index in [1.807, 2.05) is 0 Å². The molecule has 3 rings (SSSR count). The van der Waals surface area contributed by atoms with Gasteiger partial charge in [0.05, 0.1) is 11.5 Å². The van der Waals surface area contributed by atoms with Crippen LogP contribution in [0.3, 0.4) is 0 Å². The monoisotopic (exact) mass is 279 g/mol. The van der Waals surface area contributed by atoms with Crippen LogP contribution in [-0.2, 0) is 17.8 Å². The van der Waals surface area contributed by atoms with Crippen LogP contribution in [0.5, 0.6) is 0 Å². The van der Waals surface area contributed by atoms with Gasteiger partial charge >= 0.3 is 5.97 Å². The Labute approximate surface area is 112 Å². The van der Waals surface area contributed by atoms with Gasteiger partial charge in [0, 0.05) is 13.0 Å². The molecule has 1 aliphatic rings. The van der Waals surface area contributed by atoms with Crippen LogP contribution in [0.1, 0.15) is 12.2 Å². The zero-order valence-corrected chi connectivity index (χ0v) is 10.4. The minimum Gasteiger partial charge on any atom is -0.481 e. The van der Waals surface area contributed by atoms with Crippen LogP contribution < -0.4 is 0 Å². The fourth-order valence-electron chi connectivity index (χ4n) is 2.43. The SMILES string of the molecule is O=C(O)C1CCc2nnc(-c3c(F)cccc3F)n2C1. The summed E-state index contributed by atoms with van der Waals surface area (Å²) in [5.74, 6) is -2.40. The Balaban J connectivity index is 2.09. The summed E-state index contributed by atoms with van der Waals surface area (Å²) < 4.78 is 29.1. The molecule has 2 heterocycles. The van der Waals surface area contributed by atoms with Crippen LogP contribution in [0.2, 0.25) is 0 Å². The first-order chi connectivity index (χ1) is 9.58. The fraction of sp³-hybridized carbons (Fsp3) is 0.308. The number of hydrogen-bond donors (Lipinski definition) is 1. The molecule has 1 aromatic heterocycles. The van der Waals surface area contributed by atoms with E-state index in [4.69, 9.17) is 5.11 Å². The predicted octanol–water partition coefficient (Wildman–Crippen LogP) is 1.87. The zero-order valence-electron chi connectivity index (χ0n) is 10.4. The molecule has 0 saturated heterocycles. The van der Waals surface area contributed by atoms with E-state index in [-0.39, 0.29) is 17.9 Å². The molecule has 2 aromatic rings. The number of nitrogens with zero attached hydrogens (tertiary/aromatic N) is 3. The number of hydrogen-bond acceptors (Lipinski definition) is 3. The molecule has 0 spiro atoms. The Morgan fingerprint density at radius 3 is 2.65 bits per heavy atom. The highest BCUT2D eigenvalue weighted by Gasteiger charge is 2.29. The number of benzene rings is 1. The second-order valence-electron chi connectivity index (χ2n) is 4.72. The Kier molecular flexibility index (Phi) is 2.96. The summed E-state index contributed by atoms with van der Waals surface area (Å²) in [6.07, 6.45) is 0.882. The van der Waals surface area contributed by atoms with Gasteiger partial charge in [0.25, 0.3) is 0 Å². The smallest absolute Gasteiger partial charge is 0.308 e. The molecule has 5 nitrogen and oxygen atoms in total. The number of aryl methyl sites for hydroxylation is 1. The molecule has 0 fully saturated rings. The molecule has 7 heteroatoms. The molecule has 104 valence electrons. The van der Waals surface area contributed by atoms with E-state index in [1.165, 1.54) is 10.6 Å². The number of fused-ring (bicyclic) bond motifs is 1. The van der Waals surface area contributed by atoms with Gasteiger partial charge in [-0.25, -0.2) is 8.78 Å². The van der Waals surface area contributed by atoms with E-state index in [2.05, 4.69) is 10.2 Å². The highest BCUT2D eigenvalue weighted by atomic mass is 19.1. The summed E-state index contributed by atoms with van der Waals surface area (Å²) in [5.41, 5.74) is -0.266. The van der Waals surface area contributed by atoms with Gasteiger partial charge in [0.15, 0.2) is 5.82 Å². The van der Waals surface area contributed by atoms with Crippen molar-refractivity contribution < 1.29 is 18.7 Å². The molecule has 20 heavy (non-hydrogen) atoms. The highest BCUT2D eigenvalue weighted by Crippen LogP contribution is 2.29. The highest BCUT2D eigenvalue weighted by molar-refractivity contribution is 5.70. The lowest BCUT2D eigenvalue weighted by Gasteiger charge is -2.21. The summed E-state index contributed by atoms with van der Waals surface area (Å²) in [7, 11) is 0. The molecule has 1 aliphatic heterocycles. The molecule has 1 aromatic carbocycles. The lowest BCUT2D eigenvalue weighted by Crippen LogP contribution is -2.27. The molecule has 0 aliphatic carbocycles. The first-order valence-corrected chi connectivity index (χ1v) is 6.17. The molecule has 0 amide bonds. The molecular weight excluding hydrogens is 268 g/mol. The Morgan fingerprint density at radius 2 is 2.00 bits per heavy atom. The van der Waals surface area contributed by atoms with Crippen molar-refractivity contribution in [3.05, 3.63) is 35.7 Å². The lowest BCUT2D eigenvalue weighted by molar-refractivity contribution is -0.142. The lowest BCUT2D eigenvalue weighted by atomic mass is 9.99. The third-order valence-corrected chi connectivity index (χ3v) is 3.48. The first kappa shape index (κ1) is 12.7. The molecule has 0 bridgehead atoms. The zero-order chi connectivity index (χ0) is 14.3. The van der Waals surface area contributed by atoms with Crippen LogP contribution in [0.4, 0.5) is 8.78 Å². The van der Waals surface area contributed by atoms with Gasteiger partial charge in [-0.15, -0.1) is 10.2 Å². The first-order valence-electron chi connectivity index (χ1n) is 6.17. The van der Waals surface area contributed by atoms with Crippen LogP contribution in [0.15, 0.2) is 18.2 Å². The van der Waals surface area contributed by atoms with Crippen LogP contribution in [0.25, 0.3) is 11.4 Å². The summed E-state index contributed by atoms with van der Waals surface area (Å²) >= 11 is 0. The number of carbonyl (C=O) groups is 1. The number of rotatable bonds is 2. The second kappa shape index (κ2) is 4.66. The average molecular weight is 279 g/mol. The van der Waals surface area contributed by atoms with Crippen LogP contribution in [0, 0.1) is 17.6 Å². The van der Waals surface area contributed by atoms with Crippen molar-refractivity contribution in [2.75, 3.05) is 0 Å². The van der Waals surface area contributed by atoms with Crippen molar-refractivity contribution in [2.24, 2.45) is 5.92 Å². The van der Waals surface area contributed by atoms with E-state index in [9.17, 15) is 13.6 Å². The van der Waals surface area contributed by atoms with Gasteiger partial charge in [-0.1, -0.05) is 6.07 Å². The summed E-state index contributed by atoms with van der Waals surface area (Å²) in [6, 6.07) is 3.54. The van der Waals surface area contributed by atoms with Crippen molar-refractivity contribution >= 4 is 5.97 Å². The van der Waals surface area contributed by atoms with E-state index in [1.54, 1.807) is 0 Å². The number of aliphatic carboxylic acids is 1. The van der Waals surface area contributed by atoms with Crippen LogP contribution in [-0.4, -0.2) is 25.8 Å². The van der Waals surface area contributed by atoms with E-state index < -0.39 is 23.5 Å². The van der Waals surface area contributed by atoms with E-state index in [0.29, 0.717) is 18.7 Å². The van der Waals surface area contributed by atoms with Crippen molar-refractivity contribution in [1.29, 1.82) is 0 Å². The van der Waals surface area contributed by atoms with E-state index in [0.717, 1.165) is 12.1 Å². The minimum atomic E-state index is -0.927.